The molecule has 1 aliphatic rings. The van der Waals surface area contributed by atoms with E-state index in [1.807, 2.05) is 0 Å². The van der Waals surface area contributed by atoms with Gasteiger partial charge >= 0.3 is 0 Å². The summed E-state index contributed by atoms with van der Waals surface area (Å²) in [6, 6.07) is 5.25. The van der Waals surface area contributed by atoms with Gasteiger partial charge < -0.3 is 5.32 Å². The first kappa shape index (κ1) is 19.4. The molecule has 0 saturated heterocycles. The third-order valence-corrected chi connectivity index (χ3v) is 6.45. The summed E-state index contributed by atoms with van der Waals surface area (Å²) in [4.78, 5) is 25.9. The third-order valence-electron chi connectivity index (χ3n) is 3.71. The van der Waals surface area contributed by atoms with E-state index in [9.17, 15) is 9.59 Å². The molecular formula is C16H16Cl2N4O2S2. The lowest BCUT2D eigenvalue weighted by Crippen LogP contribution is -2.30. The van der Waals surface area contributed by atoms with Crippen molar-refractivity contribution in [3.8, 4) is 0 Å². The molecule has 0 aliphatic heterocycles. The van der Waals surface area contributed by atoms with Gasteiger partial charge in [-0.15, -0.1) is 10.2 Å². The highest BCUT2D eigenvalue weighted by molar-refractivity contribution is 8.02. The normalized spacial score (nSPS) is 14.8. The molecule has 0 radical (unpaired) electrons. The fourth-order valence-electron chi connectivity index (χ4n) is 2.28. The van der Waals surface area contributed by atoms with Crippen molar-refractivity contribution in [2.24, 2.45) is 0 Å². The van der Waals surface area contributed by atoms with Crippen molar-refractivity contribution in [1.29, 1.82) is 0 Å². The average molecular weight is 431 g/mol. The lowest BCUT2D eigenvalue weighted by atomic mass is 10.3. The molecular weight excluding hydrogens is 415 g/mol. The van der Waals surface area contributed by atoms with Crippen LogP contribution in [0.5, 0.6) is 0 Å². The summed E-state index contributed by atoms with van der Waals surface area (Å²) in [6.45, 7) is 3.28. The average Bonchev–Trinajstić information content (AvgIpc) is 3.30. The van der Waals surface area contributed by atoms with E-state index < -0.39 is 5.25 Å². The molecule has 138 valence electrons. The van der Waals surface area contributed by atoms with Gasteiger partial charge in [0.05, 0.1) is 21.0 Å². The number of aromatic nitrogens is 2. The van der Waals surface area contributed by atoms with Crippen molar-refractivity contribution in [3.63, 3.8) is 0 Å². The molecule has 10 heteroatoms. The Morgan fingerprint density at radius 1 is 1.31 bits per heavy atom. The number of anilines is 2. The van der Waals surface area contributed by atoms with Gasteiger partial charge in [0.1, 0.15) is 0 Å². The van der Waals surface area contributed by atoms with Crippen LogP contribution in [-0.4, -0.2) is 33.3 Å². The summed E-state index contributed by atoms with van der Waals surface area (Å²) < 4.78 is 0.625. The number of carbonyl (C=O) groups excluding carboxylic acids is 2. The lowest BCUT2D eigenvalue weighted by molar-refractivity contribution is -0.117. The number of thioether (sulfide) groups is 1. The van der Waals surface area contributed by atoms with Gasteiger partial charge in [-0.25, -0.2) is 0 Å². The number of benzene rings is 1. The van der Waals surface area contributed by atoms with Crippen molar-refractivity contribution >= 4 is 68.9 Å². The van der Waals surface area contributed by atoms with Crippen LogP contribution in [0, 0.1) is 0 Å². The molecule has 1 aromatic heterocycles. The second-order valence-electron chi connectivity index (χ2n) is 5.82. The predicted octanol–water partition coefficient (Wildman–Crippen LogP) is 4.48. The van der Waals surface area contributed by atoms with Crippen LogP contribution in [0.25, 0.3) is 0 Å². The molecule has 1 heterocycles. The minimum Gasteiger partial charge on any atom is -0.323 e. The fourth-order valence-corrected chi connectivity index (χ4v) is 4.87. The van der Waals surface area contributed by atoms with E-state index in [0.717, 1.165) is 12.8 Å². The van der Waals surface area contributed by atoms with E-state index in [0.29, 0.717) is 25.2 Å². The Bertz CT molecular complexity index is 821. The summed E-state index contributed by atoms with van der Waals surface area (Å²) in [5.74, 6) is -0.285. The van der Waals surface area contributed by atoms with E-state index in [4.69, 9.17) is 23.2 Å². The zero-order valence-corrected chi connectivity index (χ0v) is 17.2. The Labute approximate surface area is 169 Å². The van der Waals surface area contributed by atoms with Gasteiger partial charge in [0.15, 0.2) is 4.34 Å². The Balaban J connectivity index is 1.65. The smallest absolute Gasteiger partial charge is 0.237 e. The van der Waals surface area contributed by atoms with Gasteiger partial charge in [0, 0.05) is 13.0 Å². The molecule has 26 heavy (non-hydrogen) atoms. The van der Waals surface area contributed by atoms with Crippen LogP contribution in [0.1, 0.15) is 26.7 Å². The number of nitrogens with one attached hydrogen (secondary N) is 1. The Morgan fingerprint density at radius 3 is 2.54 bits per heavy atom. The van der Waals surface area contributed by atoms with Crippen molar-refractivity contribution in [2.45, 2.75) is 42.3 Å². The van der Waals surface area contributed by atoms with Crippen LogP contribution in [0.2, 0.25) is 10.0 Å². The number of hydrogen-bond acceptors (Lipinski definition) is 6. The second-order valence-corrected chi connectivity index (χ2v) is 9.18. The molecule has 6 nitrogen and oxygen atoms in total. The zero-order valence-electron chi connectivity index (χ0n) is 14.0. The second kappa shape index (κ2) is 8.12. The number of halogens is 2. The van der Waals surface area contributed by atoms with Gasteiger partial charge in [-0.2, -0.15) is 0 Å². The number of nitrogens with zero attached hydrogens (tertiary/aromatic N) is 3. The molecule has 1 aromatic carbocycles. The first-order chi connectivity index (χ1) is 12.4. The zero-order chi connectivity index (χ0) is 18.8. The largest absolute Gasteiger partial charge is 0.323 e. The summed E-state index contributed by atoms with van der Waals surface area (Å²) >= 11 is 14.7. The van der Waals surface area contributed by atoms with E-state index >= 15 is 0 Å². The maximum Gasteiger partial charge on any atom is 0.237 e. The van der Waals surface area contributed by atoms with Crippen molar-refractivity contribution in [3.05, 3.63) is 28.2 Å². The van der Waals surface area contributed by atoms with E-state index in [-0.39, 0.29) is 17.9 Å². The molecule has 2 aromatic rings. The van der Waals surface area contributed by atoms with Crippen LogP contribution in [0.15, 0.2) is 22.5 Å². The SMILES string of the molecule is CC(=O)N(c1nnc(SC(C)C(=O)Nc2c(Cl)cccc2Cl)s1)C1CC1. The fraction of sp³-hybridized carbons (Fsp3) is 0.375. The Hall–Kier alpha value is -1.35. The molecule has 1 unspecified atom stereocenters. The van der Waals surface area contributed by atoms with Gasteiger partial charge in [-0.05, 0) is 31.9 Å². The summed E-state index contributed by atoms with van der Waals surface area (Å²) in [6.07, 6.45) is 1.97. The topological polar surface area (TPSA) is 75.2 Å². The summed E-state index contributed by atoms with van der Waals surface area (Å²) in [7, 11) is 0. The molecule has 1 N–H and O–H groups in total. The number of amides is 2. The Kier molecular flexibility index (Phi) is 6.06. The summed E-state index contributed by atoms with van der Waals surface area (Å²) in [5, 5.41) is 11.8. The number of carbonyl (C=O) groups is 2. The third kappa shape index (κ3) is 4.49. The van der Waals surface area contributed by atoms with Crippen LogP contribution in [0.4, 0.5) is 10.8 Å². The molecule has 1 atom stereocenters. The first-order valence-electron chi connectivity index (χ1n) is 7.91. The van der Waals surface area contributed by atoms with Crippen LogP contribution in [-0.2, 0) is 9.59 Å². The van der Waals surface area contributed by atoms with Crippen molar-refractivity contribution in [2.75, 3.05) is 10.2 Å². The van der Waals surface area contributed by atoms with Crippen molar-refractivity contribution < 1.29 is 9.59 Å². The van der Waals surface area contributed by atoms with Gasteiger partial charge in [-0.1, -0.05) is 52.4 Å². The molecule has 1 saturated carbocycles. The van der Waals surface area contributed by atoms with Crippen LogP contribution < -0.4 is 10.2 Å². The highest BCUT2D eigenvalue weighted by Gasteiger charge is 2.34. The predicted molar refractivity (Wildman–Crippen MR) is 107 cm³/mol. The van der Waals surface area contributed by atoms with Gasteiger partial charge in [0.2, 0.25) is 16.9 Å². The molecule has 3 rings (SSSR count). The van der Waals surface area contributed by atoms with Crippen molar-refractivity contribution in [1.82, 2.24) is 10.2 Å². The highest BCUT2D eigenvalue weighted by Crippen LogP contribution is 2.37. The maximum atomic E-state index is 12.4. The number of rotatable bonds is 6. The molecule has 1 aliphatic carbocycles. The van der Waals surface area contributed by atoms with E-state index in [1.165, 1.54) is 30.0 Å². The molecule has 1 fully saturated rings. The van der Waals surface area contributed by atoms with Crippen LogP contribution >= 0.6 is 46.3 Å². The van der Waals surface area contributed by atoms with Gasteiger partial charge in [0.25, 0.3) is 0 Å². The Morgan fingerprint density at radius 2 is 1.96 bits per heavy atom. The highest BCUT2D eigenvalue weighted by atomic mass is 35.5. The van der Waals surface area contributed by atoms with Crippen LogP contribution in [0.3, 0.4) is 0 Å². The minimum absolute atomic E-state index is 0.0423. The maximum absolute atomic E-state index is 12.4. The first-order valence-corrected chi connectivity index (χ1v) is 10.4. The van der Waals surface area contributed by atoms with E-state index in [2.05, 4.69) is 15.5 Å². The minimum atomic E-state index is -0.435. The number of hydrogen-bond donors (Lipinski definition) is 1. The molecule has 0 spiro atoms. The van der Waals surface area contributed by atoms with E-state index in [1.54, 1.807) is 30.0 Å². The van der Waals surface area contributed by atoms with Gasteiger partial charge in [-0.3, -0.25) is 14.5 Å². The summed E-state index contributed by atoms with van der Waals surface area (Å²) in [5.41, 5.74) is 0.391. The molecule has 0 bridgehead atoms. The standard InChI is InChI=1S/C16H16Cl2N4O2S2/c1-8(14(24)19-13-11(17)4-3-5-12(13)18)25-16-21-20-15(26-16)22(9(2)23)10-6-7-10/h3-5,8,10H,6-7H2,1-2H3,(H,19,24). The molecule has 2 amide bonds. The number of para-hydroxylation sites is 1. The monoisotopic (exact) mass is 430 g/mol. The lowest BCUT2D eigenvalue weighted by Gasteiger charge is -2.15. The quantitative estimate of drug-likeness (QED) is 0.539.